The van der Waals surface area contributed by atoms with Gasteiger partial charge in [0.1, 0.15) is 22.6 Å². The standard InChI is InChI=1S/C22H19FN2OS/c1-2-3-12-26-20-10-4-16(5-11-20)13-18(14-24)22-25-21(15-27-22)17-6-8-19(23)9-7-17/h4-11,13,15H,2-3,12H2,1H3. The van der Waals surface area contributed by atoms with Crippen molar-refractivity contribution >= 4 is 23.0 Å². The Morgan fingerprint density at radius 1 is 1.19 bits per heavy atom. The zero-order valence-corrected chi connectivity index (χ0v) is 15.8. The molecule has 0 bridgehead atoms. The zero-order valence-electron chi connectivity index (χ0n) is 15.0. The lowest BCUT2D eigenvalue weighted by atomic mass is 10.1. The molecule has 5 heteroatoms. The van der Waals surface area contributed by atoms with Crippen LogP contribution in [0.25, 0.3) is 22.9 Å². The van der Waals surface area contributed by atoms with Crippen molar-refractivity contribution in [3.05, 3.63) is 70.3 Å². The molecule has 3 aromatic rings. The van der Waals surface area contributed by atoms with Crippen LogP contribution in [0.15, 0.2) is 53.9 Å². The molecule has 1 heterocycles. The molecule has 0 unspecified atom stereocenters. The summed E-state index contributed by atoms with van der Waals surface area (Å²) in [4.78, 5) is 4.53. The number of benzene rings is 2. The van der Waals surface area contributed by atoms with Crippen LogP contribution in [0.2, 0.25) is 0 Å². The summed E-state index contributed by atoms with van der Waals surface area (Å²) in [5, 5.41) is 12.0. The molecule has 0 spiro atoms. The van der Waals surface area contributed by atoms with Gasteiger partial charge in [0.05, 0.1) is 17.9 Å². The second-order valence-electron chi connectivity index (χ2n) is 5.99. The highest BCUT2D eigenvalue weighted by molar-refractivity contribution is 7.11. The summed E-state index contributed by atoms with van der Waals surface area (Å²) in [5.74, 6) is 0.542. The minimum absolute atomic E-state index is 0.283. The average Bonchev–Trinajstić information content (AvgIpc) is 3.18. The first-order valence-electron chi connectivity index (χ1n) is 8.76. The fourth-order valence-corrected chi connectivity index (χ4v) is 3.25. The molecule has 3 rings (SSSR count). The Balaban J connectivity index is 1.77. The molecule has 3 nitrogen and oxygen atoms in total. The van der Waals surface area contributed by atoms with E-state index in [1.807, 2.05) is 35.7 Å². The highest BCUT2D eigenvalue weighted by Crippen LogP contribution is 2.27. The largest absolute Gasteiger partial charge is 0.494 e. The van der Waals surface area contributed by atoms with E-state index in [2.05, 4.69) is 18.0 Å². The summed E-state index contributed by atoms with van der Waals surface area (Å²) in [6.45, 7) is 2.83. The second-order valence-corrected chi connectivity index (χ2v) is 6.84. The van der Waals surface area contributed by atoms with E-state index in [0.717, 1.165) is 35.4 Å². The van der Waals surface area contributed by atoms with E-state index in [9.17, 15) is 9.65 Å². The molecular weight excluding hydrogens is 359 g/mol. The number of hydrogen-bond acceptors (Lipinski definition) is 4. The number of nitrogens with zero attached hydrogens (tertiary/aromatic N) is 2. The van der Waals surface area contributed by atoms with Crippen LogP contribution in [0.5, 0.6) is 5.75 Å². The van der Waals surface area contributed by atoms with E-state index >= 15 is 0 Å². The Bertz CT molecular complexity index is 953. The Hall–Kier alpha value is -2.97. The number of halogens is 1. The van der Waals surface area contributed by atoms with Gasteiger partial charge in [-0.3, -0.25) is 0 Å². The average molecular weight is 378 g/mol. The maximum absolute atomic E-state index is 13.1. The molecule has 1 aromatic heterocycles. The van der Waals surface area contributed by atoms with Crippen molar-refractivity contribution in [2.45, 2.75) is 19.8 Å². The lowest BCUT2D eigenvalue weighted by Crippen LogP contribution is -1.95. The van der Waals surface area contributed by atoms with E-state index < -0.39 is 0 Å². The third kappa shape index (κ3) is 5.02. The number of aromatic nitrogens is 1. The van der Waals surface area contributed by atoms with E-state index in [-0.39, 0.29) is 5.82 Å². The van der Waals surface area contributed by atoms with Crippen molar-refractivity contribution in [1.29, 1.82) is 5.26 Å². The van der Waals surface area contributed by atoms with E-state index in [0.29, 0.717) is 17.2 Å². The SMILES string of the molecule is CCCCOc1ccc(C=C(C#N)c2nc(-c3ccc(F)cc3)cs2)cc1. The molecule has 2 aromatic carbocycles. The maximum Gasteiger partial charge on any atom is 0.134 e. The molecule has 0 aliphatic rings. The molecule has 0 saturated carbocycles. The van der Waals surface area contributed by atoms with Gasteiger partial charge in [0, 0.05) is 10.9 Å². The topological polar surface area (TPSA) is 45.9 Å². The van der Waals surface area contributed by atoms with E-state index in [1.165, 1.54) is 23.5 Å². The van der Waals surface area contributed by atoms with Gasteiger partial charge in [-0.2, -0.15) is 5.26 Å². The smallest absolute Gasteiger partial charge is 0.134 e. The van der Waals surface area contributed by atoms with Crippen molar-refractivity contribution in [2.75, 3.05) is 6.61 Å². The molecule has 0 N–H and O–H groups in total. The summed E-state index contributed by atoms with van der Waals surface area (Å²) in [5.41, 5.74) is 2.96. The predicted molar refractivity (Wildman–Crippen MR) is 108 cm³/mol. The maximum atomic E-state index is 13.1. The van der Waals surface area contributed by atoms with Gasteiger partial charge in [-0.15, -0.1) is 11.3 Å². The molecule has 0 aliphatic carbocycles. The van der Waals surface area contributed by atoms with Crippen LogP contribution in [-0.4, -0.2) is 11.6 Å². The van der Waals surface area contributed by atoms with E-state index in [1.54, 1.807) is 12.1 Å². The van der Waals surface area contributed by atoms with Crippen molar-refractivity contribution in [3.8, 4) is 23.1 Å². The number of ether oxygens (including phenoxy) is 1. The second kappa shape index (κ2) is 9.11. The number of unbranched alkanes of at least 4 members (excludes halogenated alkanes) is 1. The number of rotatable bonds is 7. The van der Waals surface area contributed by atoms with Crippen LogP contribution in [0.4, 0.5) is 4.39 Å². The minimum Gasteiger partial charge on any atom is -0.494 e. The number of thiazole rings is 1. The van der Waals surface area contributed by atoms with Gasteiger partial charge >= 0.3 is 0 Å². The first-order valence-corrected chi connectivity index (χ1v) is 9.64. The van der Waals surface area contributed by atoms with Crippen molar-refractivity contribution in [2.24, 2.45) is 0 Å². The molecule has 0 atom stereocenters. The number of hydrogen-bond donors (Lipinski definition) is 0. The summed E-state index contributed by atoms with van der Waals surface area (Å²) in [6, 6.07) is 16.0. The quantitative estimate of drug-likeness (QED) is 0.364. The summed E-state index contributed by atoms with van der Waals surface area (Å²) in [6.07, 6.45) is 3.93. The monoisotopic (exact) mass is 378 g/mol. The summed E-state index contributed by atoms with van der Waals surface area (Å²) < 4.78 is 18.7. The van der Waals surface area contributed by atoms with Gasteiger partial charge in [0.15, 0.2) is 0 Å². The van der Waals surface area contributed by atoms with Crippen LogP contribution < -0.4 is 4.74 Å². The minimum atomic E-state index is -0.283. The molecule has 0 radical (unpaired) electrons. The number of nitriles is 1. The molecule has 0 aliphatic heterocycles. The van der Waals surface area contributed by atoms with Gasteiger partial charge < -0.3 is 4.74 Å². The molecular formula is C22H19FN2OS. The van der Waals surface area contributed by atoms with Gasteiger partial charge in [-0.1, -0.05) is 25.5 Å². The fraction of sp³-hybridized carbons (Fsp3) is 0.182. The lowest BCUT2D eigenvalue weighted by molar-refractivity contribution is 0.309. The van der Waals surface area contributed by atoms with Gasteiger partial charge in [0.25, 0.3) is 0 Å². The molecule has 136 valence electrons. The highest BCUT2D eigenvalue weighted by atomic mass is 32.1. The third-order valence-electron chi connectivity index (χ3n) is 3.95. The highest BCUT2D eigenvalue weighted by Gasteiger charge is 2.09. The van der Waals surface area contributed by atoms with Gasteiger partial charge in [0.2, 0.25) is 0 Å². The van der Waals surface area contributed by atoms with Crippen molar-refractivity contribution in [1.82, 2.24) is 4.98 Å². The first kappa shape index (κ1) is 18.8. The molecule has 0 saturated heterocycles. The Morgan fingerprint density at radius 3 is 2.59 bits per heavy atom. The zero-order chi connectivity index (χ0) is 19.1. The lowest BCUT2D eigenvalue weighted by Gasteiger charge is -2.05. The van der Waals surface area contributed by atoms with Gasteiger partial charge in [-0.25, -0.2) is 9.37 Å². The summed E-state index contributed by atoms with van der Waals surface area (Å²) in [7, 11) is 0. The number of allylic oxidation sites excluding steroid dienone is 1. The third-order valence-corrected chi connectivity index (χ3v) is 4.83. The molecule has 0 amide bonds. The van der Waals surface area contributed by atoms with Crippen molar-refractivity contribution in [3.63, 3.8) is 0 Å². The van der Waals surface area contributed by atoms with Crippen LogP contribution in [0.3, 0.4) is 0 Å². The van der Waals surface area contributed by atoms with Crippen LogP contribution in [0, 0.1) is 17.1 Å². The van der Waals surface area contributed by atoms with Gasteiger partial charge in [-0.05, 0) is 54.5 Å². The Morgan fingerprint density at radius 2 is 1.93 bits per heavy atom. The predicted octanol–water partition coefficient (Wildman–Crippen LogP) is 6.19. The molecule has 27 heavy (non-hydrogen) atoms. The van der Waals surface area contributed by atoms with Crippen LogP contribution >= 0.6 is 11.3 Å². The van der Waals surface area contributed by atoms with E-state index in [4.69, 9.17) is 4.74 Å². The Labute approximate surface area is 162 Å². The molecule has 0 fully saturated rings. The Kier molecular flexibility index (Phi) is 6.35. The van der Waals surface area contributed by atoms with Crippen LogP contribution in [-0.2, 0) is 0 Å². The fourth-order valence-electron chi connectivity index (χ4n) is 2.45. The summed E-state index contributed by atoms with van der Waals surface area (Å²) >= 11 is 1.40. The first-order chi connectivity index (χ1) is 13.2. The normalized spacial score (nSPS) is 11.2. The van der Waals surface area contributed by atoms with Crippen LogP contribution in [0.1, 0.15) is 30.3 Å². The van der Waals surface area contributed by atoms with Crippen molar-refractivity contribution < 1.29 is 9.13 Å².